The van der Waals surface area contributed by atoms with Crippen molar-refractivity contribution in [2.45, 2.75) is 57.7 Å². The van der Waals surface area contributed by atoms with Crippen LogP contribution in [0.15, 0.2) is 24.5 Å². The lowest BCUT2D eigenvalue weighted by Crippen LogP contribution is -2.60. The van der Waals surface area contributed by atoms with Crippen molar-refractivity contribution < 1.29 is 9.72 Å². The fourth-order valence-corrected chi connectivity index (χ4v) is 4.72. The number of amides is 1. The Balaban J connectivity index is 1.80. The van der Waals surface area contributed by atoms with Gasteiger partial charge in [-0.25, -0.2) is 9.97 Å². The van der Waals surface area contributed by atoms with E-state index in [0.717, 1.165) is 12.8 Å². The number of nitrogens with zero attached hydrogens (tertiary/aromatic N) is 3. The molecule has 1 fully saturated rings. The van der Waals surface area contributed by atoms with Crippen LogP contribution in [-0.4, -0.2) is 37.9 Å². The Morgan fingerprint density at radius 3 is 2.38 bits per heavy atom. The zero-order valence-electron chi connectivity index (χ0n) is 18.1. The van der Waals surface area contributed by atoms with Gasteiger partial charge in [0.05, 0.1) is 15.5 Å². The van der Waals surface area contributed by atoms with Gasteiger partial charge >= 0.3 is 5.69 Å². The van der Waals surface area contributed by atoms with Crippen LogP contribution in [0.3, 0.4) is 0 Å². The van der Waals surface area contributed by atoms with E-state index < -0.39 is 10.8 Å². The summed E-state index contributed by atoms with van der Waals surface area (Å²) in [5.74, 6) is -0.681. The van der Waals surface area contributed by atoms with Crippen LogP contribution in [-0.2, 0) is 0 Å². The molecule has 0 bridgehead atoms. The summed E-state index contributed by atoms with van der Waals surface area (Å²) >= 11 is 11.9. The van der Waals surface area contributed by atoms with E-state index in [2.05, 4.69) is 59.1 Å². The highest BCUT2D eigenvalue weighted by Crippen LogP contribution is 2.34. The van der Waals surface area contributed by atoms with E-state index in [4.69, 9.17) is 23.2 Å². The van der Waals surface area contributed by atoms with Gasteiger partial charge in [0.15, 0.2) is 0 Å². The fourth-order valence-electron chi connectivity index (χ4n) is 4.22. The monoisotopic (exact) mass is 481 g/mol. The fraction of sp³-hybridized carbons (Fsp3) is 0.450. The third-order valence-corrected chi connectivity index (χ3v) is 5.55. The summed E-state index contributed by atoms with van der Waals surface area (Å²) in [5.41, 5.74) is 4.35. The molecule has 12 heteroatoms. The molecule has 3 rings (SSSR count). The maximum atomic E-state index is 12.4. The van der Waals surface area contributed by atoms with Crippen molar-refractivity contribution in [3.63, 3.8) is 0 Å². The van der Waals surface area contributed by atoms with Crippen molar-refractivity contribution in [1.29, 1.82) is 0 Å². The summed E-state index contributed by atoms with van der Waals surface area (Å²) in [5, 5.41) is 19.1. The maximum Gasteiger partial charge on any atom is 0.354 e. The molecule has 0 aliphatic carbocycles. The second kappa shape index (κ2) is 9.05. The predicted octanol–water partition coefficient (Wildman–Crippen LogP) is 4.17. The van der Waals surface area contributed by atoms with Gasteiger partial charge in [0.2, 0.25) is 11.6 Å². The van der Waals surface area contributed by atoms with E-state index in [1.165, 1.54) is 24.5 Å². The summed E-state index contributed by atoms with van der Waals surface area (Å²) < 4.78 is 0. The normalized spacial score (nSPS) is 17.4. The average molecular weight is 482 g/mol. The van der Waals surface area contributed by atoms with Crippen LogP contribution in [0.4, 0.5) is 17.3 Å². The highest BCUT2D eigenvalue weighted by atomic mass is 35.5. The minimum atomic E-state index is -0.601. The third-order valence-electron chi connectivity index (χ3n) is 5.01. The van der Waals surface area contributed by atoms with Gasteiger partial charge < -0.3 is 10.6 Å². The standard InChI is InChI=1S/C20H25Cl2N7O3/c1-19(2)8-12(9-20(3,4)28-19)25-16-15(29(31)32)17(24-10-23-16)26-27-18(30)13-6-5-11(21)7-14(13)22/h5-7,10,12,28H,8-9H2,1-4H3,(H,27,30)(H2,23,24,25,26). The van der Waals surface area contributed by atoms with Crippen LogP contribution >= 0.6 is 23.2 Å². The summed E-state index contributed by atoms with van der Waals surface area (Å²) in [6.45, 7) is 8.34. The van der Waals surface area contributed by atoms with Crippen molar-refractivity contribution in [2.75, 3.05) is 10.7 Å². The van der Waals surface area contributed by atoms with Gasteiger partial charge in [-0.2, -0.15) is 0 Å². The van der Waals surface area contributed by atoms with Crippen LogP contribution in [0.2, 0.25) is 10.0 Å². The molecule has 1 aromatic carbocycles. The topological polar surface area (TPSA) is 134 Å². The molecule has 0 radical (unpaired) electrons. The number of carbonyl (C=O) groups excluding carboxylic acids is 1. The molecule has 1 aromatic heterocycles. The quantitative estimate of drug-likeness (QED) is 0.356. The number of rotatable bonds is 6. The molecule has 1 aliphatic heterocycles. The van der Waals surface area contributed by atoms with E-state index in [9.17, 15) is 14.9 Å². The molecule has 10 nitrogen and oxygen atoms in total. The van der Waals surface area contributed by atoms with E-state index in [1.807, 2.05) is 0 Å². The van der Waals surface area contributed by atoms with E-state index in [-0.39, 0.29) is 45.0 Å². The Hall–Kier alpha value is -2.69. The van der Waals surface area contributed by atoms with Crippen LogP contribution in [0.1, 0.15) is 50.9 Å². The molecule has 2 aromatic rings. The number of piperidine rings is 1. The number of hydrogen-bond acceptors (Lipinski definition) is 8. The predicted molar refractivity (Wildman–Crippen MR) is 124 cm³/mol. The maximum absolute atomic E-state index is 12.4. The lowest BCUT2D eigenvalue weighted by atomic mass is 9.79. The van der Waals surface area contributed by atoms with Gasteiger partial charge in [-0.3, -0.25) is 25.8 Å². The second-order valence-electron chi connectivity index (χ2n) is 9.02. The molecular weight excluding hydrogens is 457 g/mol. The number of hydrogen-bond donors (Lipinski definition) is 4. The first-order valence-corrected chi connectivity index (χ1v) is 10.7. The first kappa shape index (κ1) is 24.0. The summed E-state index contributed by atoms with van der Waals surface area (Å²) in [7, 11) is 0. The van der Waals surface area contributed by atoms with Crippen molar-refractivity contribution >= 4 is 46.4 Å². The van der Waals surface area contributed by atoms with Crippen LogP contribution in [0.25, 0.3) is 0 Å². The van der Waals surface area contributed by atoms with Gasteiger partial charge in [0.1, 0.15) is 6.33 Å². The largest absolute Gasteiger partial charge is 0.361 e. The van der Waals surface area contributed by atoms with E-state index in [1.54, 1.807) is 0 Å². The Morgan fingerprint density at radius 1 is 1.16 bits per heavy atom. The Morgan fingerprint density at radius 2 is 1.78 bits per heavy atom. The van der Waals surface area contributed by atoms with E-state index >= 15 is 0 Å². The zero-order valence-corrected chi connectivity index (χ0v) is 19.6. The Labute approximate surface area is 195 Å². The second-order valence-corrected chi connectivity index (χ2v) is 9.87. The van der Waals surface area contributed by atoms with Crippen molar-refractivity contribution in [3.8, 4) is 0 Å². The van der Waals surface area contributed by atoms with Gasteiger partial charge in [0, 0.05) is 22.1 Å². The van der Waals surface area contributed by atoms with Gasteiger partial charge in [0.25, 0.3) is 5.91 Å². The SMILES string of the molecule is CC1(C)CC(Nc2ncnc(NNC(=O)c3ccc(Cl)cc3Cl)c2[N+](=O)[O-])CC(C)(C)N1. The highest BCUT2D eigenvalue weighted by molar-refractivity contribution is 6.36. The number of anilines is 2. The molecule has 4 N–H and O–H groups in total. The first-order valence-electron chi connectivity index (χ1n) is 9.93. The molecule has 172 valence electrons. The Bertz CT molecular complexity index is 1030. The minimum Gasteiger partial charge on any atom is -0.361 e. The van der Waals surface area contributed by atoms with Crippen LogP contribution in [0.5, 0.6) is 0 Å². The number of nitrogens with one attached hydrogen (secondary N) is 4. The van der Waals surface area contributed by atoms with E-state index in [0.29, 0.717) is 5.02 Å². The molecule has 0 atom stereocenters. The summed E-state index contributed by atoms with van der Waals surface area (Å²) in [6.07, 6.45) is 2.68. The first-order chi connectivity index (χ1) is 14.9. The molecule has 0 spiro atoms. The lowest BCUT2D eigenvalue weighted by Gasteiger charge is -2.46. The van der Waals surface area contributed by atoms with Crippen LogP contribution < -0.4 is 21.5 Å². The summed E-state index contributed by atoms with van der Waals surface area (Å²) in [4.78, 5) is 31.7. The van der Waals surface area contributed by atoms with Crippen molar-refractivity contribution in [2.24, 2.45) is 0 Å². The molecular formula is C20H25Cl2N7O3. The number of carbonyl (C=O) groups is 1. The number of halogens is 2. The van der Waals surface area contributed by atoms with Crippen molar-refractivity contribution in [1.82, 2.24) is 20.7 Å². The number of benzene rings is 1. The molecule has 0 saturated carbocycles. The number of aromatic nitrogens is 2. The lowest BCUT2D eigenvalue weighted by molar-refractivity contribution is -0.383. The number of nitro groups is 1. The summed E-state index contributed by atoms with van der Waals surface area (Å²) in [6, 6.07) is 4.34. The minimum absolute atomic E-state index is 0.0508. The molecule has 1 aliphatic rings. The van der Waals surface area contributed by atoms with Gasteiger partial charge in [-0.15, -0.1) is 0 Å². The van der Waals surface area contributed by atoms with Crippen molar-refractivity contribution in [3.05, 3.63) is 50.2 Å². The van der Waals surface area contributed by atoms with Crippen LogP contribution in [0, 0.1) is 10.1 Å². The molecule has 1 amide bonds. The highest BCUT2D eigenvalue weighted by Gasteiger charge is 2.38. The average Bonchev–Trinajstić information content (AvgIpc) is 2.63. The smallest absolute Gasteiger partial charge is 0.354 e. The third kappa shape index (κ3) is 5.76. The Kier molecular flexibility index (Phi) is 6.77. The van der Waals surface area contributed by atoms with Gasteiger partial charge in [-0.05, 0) is 58.7 Å². The molecule has 32 heavy (non-hydrogen) atoms. The zero-order chi connectivity index (χ0) is 23.7. The van der Waals surface area contributed by atoms with Gasteiger partial charge in [-0.1, -0.05) is 23.2 Å². The molecule has 0 unspecified atom stereocenters. The molecule has 2 heterocycles. The number of hydrazine groups is 1. The molecule has 1 saturated heterocycles.